The smallest absolute Gasteiger partial charge is 0.219 e. The lowest BCUT2D eigenvalue weighted by Gasteiger charge is -2.25. The van der Waals surface area contributed by atoms with Gasteiger partial charge in [-0.3, -0.25) is 0 Å². The highest BCUT2D eigenvalue weighted by Crippen LogP contribution is 2.35. The summed E-state index contributed by atoms with van der Waals surface area (Å²) in [4.78, 5) is 17.5. The van der Waals surface area contributed by atoms with Gasteiger partial charge in [0.2, 0.25) is 5.95 Å². The van der Waals surface area contributed by atoms with Crippen LogP contribution in [0.15, 0.2) is 73.6 Å². The predicted octanol–water partition coefficient (Wildman–Crippen LogP) is 4.68. The highest BCUT2D eigenvalue weighted by molar-refractivity contribution is 5.87. The van der Waals surface area contributed by atoms with Gasteiger partial charge in [-0.25, -0.2) is 19.9 Å². The number of benzene rings is 2. The van der Waals surface area contributed by atoms with E-state index in [9.17, 15) is 0 Å². The molecule has 2 aromatic carbocycles. The average Bonchev–Trinajstić information content (AvgIpc) is 3.41. The molecular weight excluding hydrogens is 386 g/mol. The molecule has 0 radical (unpaired) electrons. The summed E-state index contributed by atoms with van der Waals surface area (Å²) in [5.74, 6) is 1.18. The third-order valence-electron chi connectivity index (χ3n) is 5.26. The Balaban J connectivity index is 1.75. The number of nitrogens with two attached hydrogens (primary N) is 1. The zero-order valence-electron chi connectivity index (χ0n) is 17.7. The Morgan fingerprint density at radius 3 is 2.42 bits per heavy atom. The summed E-state index contributed by atoms with van der Waals surface area (Å²) in [6.07, 6.45) is 9.01. The summed E-state index contributed by atoms with van der Waals surface area (Å²) in [5, 5.41) is 0. The second-order valence-electron chi connectivity index (χ2n) is 8.46. The molecule has 0 amide bonds. The third-order valence-corrected chi connectivity index (χ3v) is 5.26. The van der Waals surface area contributed by atoms with Crippen molar-refractivity contribution in [1.82, 2.24) is 29.1 Å². The molecule has 0 saturated heterocycles. The Labute approximate surface area is 180 Å². The van der Waals surface area contributed by atoms with E-state index in [0.29, 0.717) is 0 Å². The molecule has 0 unspecified atom stereocenters. The maximum absolute atomic E-state index is 5.64. The summed E-state index contributed by atoms with van der Waals surface area (Å²) < 4.78 is 4.31. The molecule has 2 N–H and O–H groups in total. The number of aromatic nitrogens is 6. The van der Waals surface area contributed by atoms with Crippen LogP contribution in [-0.2, 0) is 5.54 Å². The van der Waals surface area contributed by atoms with Gasteiger partial charge >= 0.3 is 0 Å². The van der Waals surface area contributed by atoms with Gasteiger partial charge in [0, 0.05) is 41.5 Å². The molecule has 0 aliphatic rings. The van der Waals surface area contributed by atoms with Crippen molar-refractivity contribution < 1.29 is 0 Å². The zero-order chi connectivity index (χ0) is 21.6. The minimum Gasteiger partial charge on any atom is -0.368 e. The Hall–Kier alpha value is -4.00. The van der Waals surface area contributed by atoms with Crippen molar-refractivity contribution in [1.29, 1.82) is 0 Å². The molecule has 3 aromatic heterocycles. The fourth-order valence-electron chi connectivity index (χ4n) is 3.90. The van der Waals surface area contributed by atoms with E-state index in [2.05, 4.69) is 70.6 Å². The maximum Gasteiger partial charge on any atom is 0.219 e. The molecule has 0 saturated carbocycles. The minimum absolute atomic E-state index is 0.169. The molecule has 7 heteroatoms. The van der Waals surface area contributed by atoms with E-state index in [4.69, 9.17) is 10.7 Å². The molecule has 3 heterocycles. The van der Waals surface area contributed by atoms with Gasteiger partial charge in [-0.1, -0.05) is 18.2 Å². The molecule has 0 aliphatic carbocycles. The molecule has 0 fully saturated rings. The number of hydrogen-bond acceptors (Lipinski definition) is 5. The van der Waals surface area contributed by atoms with E-state index in [1.807, 2.05) is 29.2 Å². The zero-order valence-corrected chi connectivity index (χ0v) is 17.7. The van der Waals surface area contributed by atoms with Crippen LogP contribution in [0.3, 0.4) is 0 Å². The van der Waals surface area contributed by atoms with E-state index >= 15 is 0 Å². The van der Waals surface area contributed by atoms with Crippen LogP contribution in [0.5, 0.6) is 0 Å². The minimum atomic E-state index is -0.169. The second-order valence-corrected chi connectivity index (χ2v) is 8.46. The fourth-order valence-corrected chi connectivity index (χ4v) is 3.90. The molecule has 154 valence electrons. The first-order valence-electron chi connectivity index (χ1n) is 10.1. The number of fused-ring (bicyclic) bond motifs is 1. The SMILES string of the molecule is CC(C)(C)n1c(-c2ccccc2-n2ccnc2)nc2cc(-c3cnc(N)nc3)ccc21. The van der Waals surface area contributed by atoms with Crippen molar-refractivity contribution in [2.45, 2.75) is 26.3 Å². The van der Waals surface area contributed by atoms with Crippen molar-refractivity contribution in [3.8, 4) is 28.2 Å². The number of hydrogen-bond donors (Lipinski definition) is 1. The highest BCUT2D eigenvalue weighted by Gasteiger charge is 2.24. The van der Waals surface area contributed by atoms with E-state index in [0.717, 1.165) is 39.2 Å². The molecule has 5 rings (SSSR count). The first-order valence-corrected chi connectivity index (χ1v) is 10.1. The Morgan fingerprint density at radius 2 is 1.71 bits per heavy atom. The van der Waals surface area contributed by atoms with Crippen LogP contribution in [0.2, 0.25) is 0 Å². The first kappa shape index (κ1) is 19.0. The second kappa shape index (κ2) is 7.05. The summed E-state index contributed by atoms with van der Waals surface area (Å²) >= 11 is 0. The lowest BCUT2D eigenvalue weighted by atomic mass is 10.0. The highest BCUT2D eigenvalue weighted by atomic mass is 15.1. The average molecular weight is 409 g/mol. The topological polar surface area (TPSA) is 87.4 Å². The van der Waals surface area contributed by atoms with Gasteiger partial charge in [-0.15, -0.1) is 0 Å². The van der Waals surface area contributed by atoms with Gasteiger partial charge in [0.1, 0.15) is 5.82 Å². The first-order chi connectivity index (χ1) is 14.9. The van der Waals surface area contributed by atoms with Crippen molar-refractivity contribution in [2.75, 3.05) is 5.73 Å². The van der Waals surface area contributed by atoms with Crippen molar-refractivity contribution in [2.24, 2.45) is 0 Å². The monoisotopic (exact) mass is 409 g/mol. The van der Waals surface area contributed by atoms with E-state index < -0.39 is 0 Å². The largest absolute Gasteiger partial charge is 0.368 e. The molecule has 5 aromatic rings. The van der Waals surface area contributed by atoms with E-state index in [-0.39, 0.29) is 11.5 Å². The van der Waals surface area contributed by atoms with Gasteiger partial charge < -0.3 is 14.9 Å². The maximum atomic E-state index is 5.64. The van der Waals surface area contributed by atoms with Crippen LogP contribution in [0.4, 0.5) is 5.95 Å². The van der Waals surface area contributed by atoms with Gasteiger partial charge in [-0.05, 0) is 50.6 Å². The van der Waals surface area contributed by atoms with E-state index in [1.165, 1.54) is 0 Å². The van der Waals surface area contributed by atoms with Crippen LogP contribution in [0.25, 0.3) is 39.2 Å². The molecule has 31 heavy (non-hydrogen) atoms. The summed E-state index contributed by atoms with van der Waals surface area (Å²) in [5.41, 5.74) is 11.4. The van der Waals surface area contributed by atoms with Crippen LogP contribution in [0.1, 0.15) is 20.8 Å². The molecule has 0 bridgehead atoms. The van der Waals surface area contributed by atoms with Crippen molar-refractivity contribution >= 4 is 17.0 Å². The summed E-state index contributed by atoms with van der Waals surface area (Å²) in [6.45, 7) is 6.58. The molecular formula is C24H23N7. The fraction of sp³-hybridized carbons (Fsp3) is 0.167. The number of anilines is 1. The number of nitrogens with zero attached hydrogens (tertiary/aromatic N) is 6. The Kier molecular flexibility index (Phi) is 4.32. The summed E-state index contributed by atoms with van der Waals surface area (Å²) in [6, 6.07) is 14.5. The third kappa shape index (κ3) is 3.34. The lowest BCUT2D eigenvalue weighted by Crippen LogP contribution is -2.22. The lowest BCUT2D eigenvalue weighted by molar-refractivity contribution is 0.413. The van der Waals surface area contributed by atoms with Crippen LogP contribution >= 0.6 is 0 Å². The van der Waals surface area contributed by atoms with Gasteiger partial charge in [0.25, 0.3) is 0 Å². The molecule has 0 aliphatic heterocycles. The van der Waals surface area contributed by atoms with Gasteiger partial charge in [-0.2, -0.15) is 0 Å². The van der Waals surface area contributed by atoms with E-state index in [1.54, 1.807) is 18.6 Å². The molecule has 0 atom stereocenters. The van der Waals surface area contributed by atoms with Crippen LogP contribution < -0.4 is 5.73 Å². The Bertz CT molecular complexity index is 1360. The number of imidazole rings is 2. The quantitative estimate of drug-likeness (QED) is 0.467. The van der Waals surface area contributed by atoms with Gasteiger partial charge in [0.05, 0.1) is 23.0 Å². The summed E-state index contributed by atoms with van der Waals surface area (Å²) in [7, 11) is 0. The van der Waals surface area contributed by atoms with Crippen molar-refractivity contribution in [3.63, 3.8) is 0 Å². The van der Waals surface area contributed by atoms with Gasteiger partial charge in [0.15, 0.2) is 0 Å². The molecule has 0 spiro atoms. The standard InChI is InChI=1S/C24H23N7/c1-24(2,3)31-21-9-8-16(17-13-27-23(25)28-14-17)12-19(21)29-22(31)18-6-4-5-7-20(18)30-11-10-26-15-30/h4-15H,1-3H3,(H2,25,27,28). The number of nitrogen functional groups attached to an aromatic ring is 1. The Morgan fingerprint density at radius 1 is 0.935 bits per heavy atom. The number of para-hydroxylation sites is 1. The van der Waals surface area contributed by atoms with Crippen LogP contribution in [-0.4, -0.2) is 29.1 Å². The predicted molar refractivity (Wildman–Crippen MR) is 123 cm³/mol. The molecule has 7 nitrogen and oxygen atoms in total. The number of rotatable bonds is 3. The van der Waals surface area contributed by atoms with Crippen LogP contribution in [0, 0.1) is 0 Å². The normalized spacial score (nSPS) is 11.8. The van der Waals surface area contributed by atoms with Crippen molar-refractivity contribution in [3.05, 3.63) is 73.6 Å².